The summed E-state index contributed by atoms with van der Waals surface area (Å²) < 4.78 is 12.4. The van der Waals surface area contributed by atoms with Crippen molar-refractivity contribution >= 4 is 0 Å². The van der Waals surface area contributed by atoms with Crippen molar-refractivity contribution in [2.45, 2.75) is 46.2 Å². The van der Waals surface area contributed by atoms with Crippen LogP contribution in [0.1, 0.15) is 39.5 Å². The van der Waals surface area contributed by atoms with Crippen LogP contribution in [0.15, 0.2) is 43.0 Å². The zero-order valence-electron chi connectivity index (χ0n) is 13.0. The quantitative estimate of drug-likeness (QED) is 0.748. The lowest BCUT2D eigenvalue weighted by molar-refractivity contribution is -0.285. The maximum atomic E-state index is 6.22. The van der Waals surface area contributed by atoms with E-state index in [2.05, 4.69) is 46.4 Å². The average Bonchev–Trinajstić information content (AvgIpc) is 2.47. The Morgan fingerprint density at radius 1 is 1.05 bits per heavy atom. The molecule has 2 heteroatoms. The van der Waals surface area contributed by atoms with Gasteiger partial charge < -0.3 is 9.47 Å². The molecule has 2 rings (SSSR count). The first-order valence-corrected chi connectivity index (χ1v) is 7.53. The van der Waals surface area contributed by atoms with E-state index in [9.17, 15) is 0 Å². The first-order chi connectivity index (χ1) is 9.54. The third kappa shape index (κ3) is 3.13. The maximum Gasteiger partial charge on any atom is 0.184 e. The Morgan fingerprint density at radius 2 is 1.65 bits per heavy atom. The molecular formula is C18H26O2. The molecule has 1 aliphatic heterocycles. The molecule has 1 aromatic carbocycles. The van der Waals surface area contributed by atoms with Crippen LogP contribution in [0.5, 0.6) is 0 Å². The number of hydrogen-bond donors (Lipinski definition) is 0. The van der Waals surface area contributed by atoms with Crippen LogP contribution in [0.4, 0.5) is 0 Å². The molecule has 1 fully saturated rings. The monoisotopic (exact) mass is 274 g/mol. The van der Waals surface area contributed by atoms with Crippen LogP contribution in [0.3, 0.4) is 0 Å². The van der Waals surface area contributed by atoms with Crippen molar-refractivity contribution in [3.63, 3.8) is 0 Å². The highest BCUT2D eigenvalue weighted by molar-refractivity contribution is 5.16. The van der Waals surface area contributed by atoms with Gasteiger partial charge in [-0.1, -0.05) is 64.1 Å². The standard InChI is InChI=1S/C18H26O2/c1-6-13(4)17-14(5)16(12(2)3)19-18(20-17)15-10-8-7-9-11-15/h6-14,16-18H,1H2,2-5H3/t13-,14+,16+,17-,18?/m1/s1. The van der Waals surface area contributed by atoms with Crippen molar-refractivity contribution in [1.29, 1.82) is 0 Å². The van der Waals surface area contributed by atoms with E-state index in [4.69, 9.17) is 9.47 Å². The minimum absolute atomic E-state index is 0.152. The van der Waals surface area contributed by atoms with Crippen LogP contribution in [-0.4, -0.2) is 12.2 Å². The average molecular weight is 274 g/mol. The van der Waals surface area contributed by atoms with Gasteiger partial charge in [0.1, 0.15) is 0 Å². The van der Waals surface area contributed by atoms with Gasteiger partial charge in [-0.15, -0.1) is 6.58 Å². The molecule has 1 heterocycles. The van der Waals surface area contributed by atoms with Crippen LogP contribution in [0.2, 0.25) is 0 Å². The molecule has 1 aromatic rings. The summed E-state index contributed by atoms with van der Waals surface area (Å²) in [5, 5.41) is 0. The molecule has 0 bridgehead atoms. The van der Waals surface area contributed by atoms with E-state index < -0.39 is 0 Å². The largest absolute Gasteiger partial charge is 0.344 e. The third-order valence-electron chi connectivity index (χ3n) is 4.22. The van der Waals surface area contributed by atoms with E-state index in [1.165, 1.54) is 0 Å². The Bertz CT molecular complexity index is 426. The third-order valence-corrected chi connectivity index (χ3v) is 4.22. The predicted octanol–water partition coefficient (Wildman–Crippen LogP) is 4.58. The minimum atomic E-state index is -0.271. The van der Waals surface area contributed by atoms with Crippen molar-refractivity contribution in [2.24, 2.45) is 17.8 Å². The molecule has 2 nitrogen and oxygen atoms in total. The van der Waals surface area contributed by atoms with E-state index in [0.717, 1.165) is 5.56 Å². The smallest absolute Gasteiger partial charge is 0.184 e. The summed E-state index contributed by atoms with van der Waals surface area (Å²) in [4.78, 5) is 0. The molecule has 1 aliphatic rings. The van der Waals surface area contributed by atoms with Crippen molar-refractivity contribution in [1.82, 2.24) is 0 Å². The maximum absolute atomic E-state index is 6.22. The van der Waals surface area contributed by atoms with E-state index in [1.54, 1.807) is 0 Å². The molecule has 0 N–H and O–H groups in total. The normalized spacial score (nSPS) is 32.0. The highest BCUT2D eigenvalue weighted by atomic mass is 16.7. The molecule has 0 saturated carbocycles. The first-order valence-electron chi connectivity index (χ1n) is 7.53. The van der Waals surface area contributed by atoms with E-state index in [1.807, 2.05) is 24.3 Å². The van der Waals surface area contributed by atoms with Crippen molar-refractivity contribution in [2.75, 3.05) is 0 Å². The van der Waals surface area contributed by atoms with Crippen LogP contribution >= 0.6 is 0 Å². The molecule has 20 heavy (non-hydrogen) atoms. The Morgan fingerprint density at radius 3 is 2.20 bits per heavy atom. The van der Waals surface area contributed by atoms with Gasteiger partial charge >= 0.3 is 0 Å². The highest BCUT2D eigenvalue weighted by Crippen LogP contribution is 2.38. The predicted molar refractivity (Wildman–Crippen MR) is 82.3 cm³/mol. The van der Waals surface area contributed by atoms with E-state index in [-0.39, 0.29) is 18.5 Å². The van der Waals surface area contributed by atoms with Gasteiger partial charge in [0.15, 0.2) is 6.29 Å². The van der Waals surface area contributed by atoms with Gasteiger partial charge in [-0.05, 0) is 5.92 Å². The zero-order chi connectivity index (χ0) is 14.7. The molecule has 110 valence electrons. The second kappa shape index (κ2) is 6.55. The highest BCUT2D eigenvalue weighted by Gasteiger charge is 2.40. The Labute approximate surface area is 122 Å². The van der Waals surface area contributed by atoms with Gasteiger partial charge in [0.25, 0.3) is 0 Å². The molecule has 5 atom stereocenters. The summed E-state index contributed by atoms with van der Waals surface area (Å²) in [5.41, 5.74) is 1.09. The van der Waals surface area contributed by atoms with E-state index >= 15 is 0 Å². The lowest BCUT2D eigenvalue weighted by atomic mass is 9.83. The molecular weight excluding hydrogens is 248 g/mol. The summed E-state index contributed by atoms with van der Waals surface area (Å²) in [6, 6.07) is 10.2. The van der Waals surface area contributed by atoms with Gasteiger partial charge in [0.05, 0.1) is 12.2 Å². The summed E-state index contributed by atoms with van der Waals surface area (Å²) >= 11 is 0. The van der Waals surface area contributed by atoms with Gasteiger partial charge in [-0.2, -0.15) is 0 Å². The first kappa shape index (κ1) is 15.3. The topological polar surface area (TPSA) is 18.5 Å². The molecule has 0 radical (unpaired) electrons. The van der Waals surface area contributed by atoms with Gasteiger partial charge in [0, 0.05) is 17.4 Å². The number of benzene rings is 1. The Kier molecular flexibility index (Phi) is 5.00. The van der Waals surface area contributed by atoms with Crippen molar-refractivity contribution in [3.05, 3.63) is 48.6 Å². The summed E-state index contributed by atoms with van der Waals surface area (Å²) in [6.45, 7) is 12.7. The second-order valence-corrected chi connectivity index (χ2v) is 6.14. The Balaban J connectivity index is 2.25. The molecule has 0 aliphatic carbocycles. The number of rotatable bonds is 4. The Hall–Kier alpha value is -1.12. The van der Waals surface area contributed by atoms with E-state index in [0.29, 0.717) is 17.8 Å². The molecule has 1 saturated heterocycles. The summed E-state index contributed by atoms with van der Waals surface area (Å²) in [5.74, 6) is 1.16. The molecule has 0 amide bonds. The van der Waals surface area contributed by atoms with Crippen molar-refractivity contribution < 1.29 is 9.47 Å². The van der Waals surface area contributed by atoms with Crippen LogP contribution < -0.4 is 0 Å². The lowest BCUT2D eigenvalue weighted by Crippen LogP contribution is -2.46. The fourth-order valence-corrected chi connectivity index (χ4v) is 3.02. The molecule has 0 spiro atoms. The zero-order valence-corrected chi connectivity index (χ0v) is 13.0. The van der Waals surface area contributed by atoms with Crippen LogP contribution in [-0.2, 0) is 9.47 Å². The second-order valence-electron chi connectivity index (χ2n) is 6.14. The van der Waals surface area contributed by atoms with Gasteiger partial charge in [0.2, 0.25) is 0 Å². The van der Waals surface area contributed by atoms with Gasteiger partial charge in [-0.3, -0.25) is 0 Å². The van der Waals surface area contributed by atoms with Gasteiger partial charge in [-0.25, -0.2) is 0 Å². The summed E-state index contributed by atoms with van der Waals surface area (Å²) in [6.07, 6.45) is 2.07. The SMILES string of the molecule is C=C[C@@H](C)[C@H]1OC(c2ccccc2)O[C@@H](C(C)C)[C@@H]1C. The lowest BCUT2D eigenvalue weighted by Gasteiger charge is -2.44. The molecule has 1 unspecified atom stereocenters. The minimum Gasteiger partial charge on any atom is -0.344 e. The fraction of sp³-hybridized carbons (Fsp3) is 0.556. The van der Waals surface area contributed by atoms with Crippen LogP contribution in [0, 0.1) is 17.8 Å². The molecule has 0 aromatic heterocycles. The summed E-state index contributed by atoms with van der Waals surface area (Å²) in [7, 11) is 0. The van der Waals surface area contributed by atoms with Crippen molar-refractivity contribution in [3.8, 4) is 0 Å². The van der Waals surface area contributed by atoms with Crippen LogP contribution in [0.25, 0.3) is 0 Å². The number of hydrogen-bond acceptors (Lipinski definition) is 2. The number of ether oxygens (including phenoxy) is 2. The fourth-order valence-electron chi connectivity index (χ4n) is 3.02.